The highest BCUT2D eigenvalue weighted by Crippen LogP contribution is 2.56. The lowest BCUT2D eigenvalue weighted by molar-refractivity contribution is 0.255. The van der Waals surface area contributed by atoms with E-state index in [2.05, 4.69) is 266 Å². The van der Waals surface area contributed by atoms with Gasteiger partial charge in [0, 0.05) is 47.9 Å². The van der Waals surface area contributed by atoms with Gasteiger partial charge >= 0.3 is 6.03 Å². The summed E-state index contributed by atoms with van der Waals surface area (Å²) in [6.07, 6.45) is 2.20. The topological polar surface area (TPSA) is 33.4 Å². The van der Waals surface area contributed by atoms with Crippen molar-refractivity contribution >= 4 is 178 Å². The smallest absolute Gasteiger partial charge is 0.308 e. The highest BCUT2D eigenvalue weighted by atomic mass is 32.2. The minimum Gasteiger partial charge on any atom is -0.308 e. The predicted molar refractivity (Wildman–Crippen MR) is 360 cm³/mol. The Morgan fingerprint density at radius 1 is 0.518 bits per heavy atom. The number of rotatable bonds is 6. The van der Waals surface area contributed by atoms with Crippen molar-refractivity contribution in [3.8, 4) is 11.4 Å². The average Bonchev–Trinajstić information content (AvgIpc) is 1.92. The van der Waals surface area contributed by atoms with E-state index in [0.29, 0.717) is 0 Å². The molecular formula is C74H54B2N4OS2. The van der Waals surface area contributed by atoms with E-state index >= 15 is 4.79 Å². The first kappa shape index (κ1) is 48.7. The fourth-order valence-corrected chi connectivity index (χ4v) is 17.1. The zero-order valence-corrected chi connectivity index (χ0v) is 48.6. The van der Waals surface area contributed by atoms with Gasteiger partial charge in [0.15, 0.2) is 0 Å². The van der Waals surface area contributed by atoms with Gasteiger partial charge in [-0.1, -0.05) is 213 Å². The molecule has 0 N–H and O–H groups in total. The van der Waals surface area contributed by atoms with Gasteiger partial charge in [0.25, 0.3) is 0 Å². The number of benzene rings is 11. The summed E-state index contributed by atoms with van der Waals surface area (Å²) in [5, 5.41) is 8.89. The molecule has 0 atom stereocenters. The number of urea groups is 1. The van der Waals surface area contributed by atoms with Crippen molar-refractivity contribution < 1.29 is 4.79 Å². The van der Waals surface area contributed by atoms with Crippen LogP contribution >= 0.6 is 23.1 Å². The van der Waals surface area contributed by atoms with E-state index in [4.69, 9.17) is 6.58 Å². The predicted octanol–water partition coefficient (Wildman–Crippen LogP) is 15.8. The molecule has 3 aliphatic heterocycles. The average molecular weight is 1100 g/mol. The van der Waals surface area contributed by atoms with Crippen LogP contribution in [0, 0.1) is 6.92 Å². The van der Waals surface area contributed by atoms with E-state index < -0.39 is 0 Å². The van der Waals surface area contributed by atoms with Crippen molar-refractivity contribution in [2.45, 2.75) is 44.9 Å². The third-order valence-electron chi connectivity index (χ3n) is 18.4. The number of carbonyl (C=O) groups excluding carboxylic acids is 1. The molecule has 0 fully saturated rings. The molecule has 5 nitrogen and oxygen atoms in total. The van der Waals surface area contributed by atoms with Gasteiger partial charge in [0.05, 0.1) is 49.5 Å². The molecule has 0 unspecified atom stereocenters. The highest BCUT2D eigenvalue weighted by Gasteiger charge is 2.52. The van der Waals surface area contributed by atoms with Crippen LogP contribution in [-0.2, 0) is 5.41 Å². The SMILES string of the molecule is C=C(C)c1c2c(c3c4ccccc4n(-c4ccccc4)c3c1SC)N1C(=O)N3c4c(ccc5ccc(c1c45)B2c1ccc(C)cc1)B(c1ccc(C(C)(C)C)cc1)c1c3c2c3ccccc3n(-c3ccccc3)c2c2sc3ccccc3c12. The van der Waals surface area contributed by atoms with Crippen molar-refractivity contribution in [3.63, 3.8) is 0 Å². The van der Waals surface area contributed by atoms with Gasteiger partial charge in [-0.3, -0.25) is 9.80 Å². The molecule has 17 rings (SSSR count). The summed E-state index contributed by atoms with van der Waals surface area (Å²) in [5.41, 5.74) is 21.6. The molecule has 83 heavy (non-hydrogen) atoms. The highest BCUT2D eigenvalue weighted by molar-refractivity contribution is 7.99. The van der Waals surface area contributed by atoms with Gasteiger partial charge in [0.1, 0.15) is 0 Å². The maximum absolute atomic E-state index is 18.1. The second-order valence-corrected chi connectivity index (χ2v) is 25.9. The molecule has 2 amide bonds. The van der Waals surface area contributed by atoms with E-state index in [9.17, 15) is 0 Å². The number of fused-ring (bicyclic) bond motifs is 17. The van der Waals surface area contributed by atoms with Crippen molar-refractivity contribution in [1.82, 2.24) is 9.13 Å². The zero-order valence-electron chi connectivity index (χ0n) is 47.0. The van der Waals surface area contributed by atoms with E-state index in [0.717, 1.165) is 126 Å². The van der Waals surface area contributed by atoms with Crippen molar-refractivity contribution in [2.75, 3.05) is 16.1 Å². The number of allylic oxidation sites excluding steroid dienone is 1. The molecule has 0 radical (unpaired) electrons. The lowest BCUT2D eigenvalue weighted by Crippen LogP contribution is -2.64. The summed E-state index contributed by atoms with van der Waals surface area (Å²) in [7, 11) is 0. The van der Waals surface area contributed by atoms with Crippen molar-refractivity contribution in [2.24, 2.45) is 0 Å². The first-order chi connectivity index (χ1) is 40.5. The number of aryl methyl sites for hydroxylation is 1. The van der Waals surface area contributed by atoms with Gasteiger partial charge in [-0.05, 0) is 117 Å². The molecule has 3 aromatic heterocycles. The lowest BCUT2D eigenvalue weighted by Gasteiger charge is -2.47. The number of thiophene rings is 1. The second kappa shape index (κ2) is 17.5. The largest absolute Gasteiger partial charge is 0.338 e. The Balaban J connectivity index is 1.11. The van der Waals surface area contributed by atoms with Crippen LogP contribution in [0.25, 0.3) is 91.5 Å². The Labute approximate surface area is 490 Å². The van der Waals surface area contributed by atoms with Crippen LogP contribution in [0.5, 0.6) is 0 Å². The van der Waals surface area contributed by atoms with Gasteiger partial charge in [-0.2, -0.15) is 0 Å². The van der Waals surface area contributed by atoms with E-state index in [1.807, 2.05) is 11.3 Å². The molecule has 0 aliphatic carbocycles. The fraction of sp³-hybridized carbons (Fsp3) is 0.0946. The van der Waals surface area contributed by atoms with Crippen LogP contribution in [0.4, 0.5) is 27.5 Å². The Morgan fingerprint density at radius 2 is 1.01 bits per heavy atom. The monoisotopic (exact) mass is 1100 g/mol. The molecule has 14 aromatic rings. The normalized spacial score (nSPS) is 13.7. The minimum atomic E-state index is -0.249. The number of anilines is 4. The number of aromatic nitrogens is 2. The van der Waals surface area contributed by atoms with Crippen molar-refractivity contribution in [1.29, 1.82) is 0 Å². The van der Waals surface area contributed by atoms with E-state index in [-0.39, 0.29) is 24.9 Å². The summed E-state index contributed by atoms with van der Waals surface area (Å²) in [4.78, 5) is 23.6. The van der Waals surface area contributed by atoms with Gasteiger partial charge < -0.3 is 9.13 Å². The molecular weight excluding hydrogens is 1050 g/mol. The van der Waals surface area contributed by atoms with Gasteiger partial charge in [0.2, 0.25) is 13.4 Å². The molecule has 0 saturated carbocycles. The number of nitrogens with zero attached hydrogens (tertiary/aromatic N) is 4. The standard InChI is InChI=1S/C74H54B2N4OS2/c1-42(2)58-63-67(61-50-24-14-17-27-55(50)77(69(61)71(58)82-7)48-20-10-8-11-21-48)79-65-53(75(63)46-36-30-43(3)31-37-46)40-32-44-33-41-54-66(59(44)65)80(73(79)81)68-62-51-25-15-18-28-56(51)78(49-22-12-9-13-23-49)70(62)72-60(52-26-16-19-29-57(52)83-72)64(68)76(54)47-38-34-45(35-39-47)74(4,5)6/h8-41H,1H2,2-7H3. The summed E-state index contributed by atoms with van der Waals surface area (Å²) >= 11 is 3.64. The van der Waals surface area contributed by atoms with Crippen LogP contribution in [0.15, 0.2) is 218 Å². The quantitative estimate of drug-likeness (QED) is 0.123. The van der Waals surface area contributed by atoms with Gasteiger partial charge in [-0.25, -0.2) is 4.79 Å². The molecule has 11 aromatic carbocycles. The third kappa shape index (κ3) is 6.49. The number of thioether (sulfide) groups is 1. The summed E-state index contributed by atoms with van der Waals surface area (Å²) in [6, 6.07) is 76.0. The van der Waals surface area contributed by atoms with Gasteiger partial charge in [-0.15, -0.1) is 23.1 Å². The maximum Gasteiger partial charge on any atom is 0.338 e. The molecule has 9 heteroatoms. The Bertz CT molecular complexity index is 5190. The molecule has 0 saturated heterocycles. The molecule has 6 heterocycles. The summed E-state index contributed by atoms with van der Waals surface area (Å²) in [6.45, 7) is 15.6. The number of hydrogen-bond donors (Lipinski definition) is 0. The van der Waals surface area contributed by atoms with Crippen LogP contribution < -0.4 is 42.6 Å². The number of para-hydroxylation sites is 4. The first-order valence-electron chi connectivity index (χ1n) is 28.8. The summed E-state index contributed by atoms with van der Waals surface area (Å²) in [5.74, 6) is 0. The molecule has 3 aliphatic rings. The van der Waals surface area contributed by atoms with Crippen LogP contribution in [0.1, 0.15) is 44.4 Å². The zero-order chi connectivity index (χ0) is 55.9. The second-order valence-electron chi connectivity index (χ2n) is 24.0. The van der Waals surface area contributed by atoms with E-state index in [1.54, 1.807) is 11.8 Å². The van der Waals surface area contributed by atoms with Crippen molar-refractivity contribution in [3.05, 3.63) is 230 Å². The third-order valence-corrected chi connectivity index (χ3v) is 20.4. The minimum absolute atomic E-state index is 0.0460. The Kier molecular flexibility index (Phi) is 10.3. The fourth-order valence-electron chi connectivity index (χ4n) is 15.0. The number of carbonyl (C=O) groups is 1. The summed E-state index contributed by atoms with van der Waals surface area (Å²) < 4.78 is 7.33. The Hall–Kier alpha value is -9.01. The molecule has 394 valence electrons. The van der Waals surface area contributed by atoms with Crippen LogP contribution in [0.2, 0.25) is 0 Å². The van der Waals surface area contributed by atoms with Crippen LogP contribution in [-0.4, -0.2) is 34.8 Å². The van der Waals surface area contributed by atoms with E-state index in [1.165, 1.54) is 42.2 Å². The maximum atomic E-state index is 18.1. The van der Waals surface area contributed by atoms with Crippen LogP contribution in [0.3, 0.4) is 0 Å². The lowest BCUT2D eigenvalue weighted by atomic mass is 9.33. The Morgan fingerprint density at radius 3 is 1.58 bits per heavy atom. The number of amides is 2. The first-order valence-corrected chi connectivity index (χ1v) is 30.8. The number of hydrogen-bond acceptors (Lipinski definition) is 3. The molecule has 0 spiro atoms. The molecule has 0 bridgehead atoms.